The number of hydrogen-bond donors (Lipinski definition) is 3. The van der Waals surface area contributed by atoms with Crippen LogP contribution in [0.3, 0.4) is 0 Å². The van der Waals surface area contributed by atoms with Gasteiger partial charge in [0.15, 0.2) is 0 Å². The van der Waals surface area contributed by atoms with Crippen LogP contribution in [0.1, 0.15) is 17.3 Å². The van der Waals surface area contributed by atoms with E-state index in [1.807, 2.05) is 5.43 Å². The molecular weight excluding hydrogens is 212 g/mol. The van der Waals surface area contributed by atoms with E-state index in [9.17, 15) is 14.7 Å². The van der Waals surface area contributed by atoms with Crippen molar-refractivity contribution < 1.29 is 19.8 Å². The van der Waals surface area contributed by atoms with Crippen LogP contribution in [0.25, 0.3) is 0 Å². The highest BCUT2D eigenvalue weighted by molar-refractivity contribution is 6.34. The fourth-order valence-corrected chi connectivity index (χ4v) is 0.908. The zero-order valence-corrected chi connectivity index (χ0v) is 8.47. The molecule has 0 aromatic heterocycles. The highest BCUT2D eigenvalue weighted by Gasteiger charge is 2.10. The minimum atomic E-state index is -1.22. The van der Waals surface area contributed by atoms with Gasteiger partial charge in [0.1, 0.15) is 11.5 Å². The molecule has 0 heterocycles. The van der Waals surface area contributed by atoms with Gasteiger partial charge in [-0.25, -0.2) is 10.2 Å². The summed E-state index contributed by atoms with van der Waals surface area (Å²) in [6, 6.07) is 5.89. The fraction of sp³-hybridized carbons (Fsp3) is 0.100. The molecule has 16 heavy (non-hydrogen) atoms. The van der Waals surface area contributed by atoms with Crippen molar-refractivity contribution in [3.05, 3.63) is 29.8 Å². The van der Waals surface area contributed by atoms with Crippen molar-refractivity contribution in [2.75, 3.05) is 0 Å². The van der Waals surface area contributed by atoms with E-state index in [1.54, 1.807) is 12.1 Å². The first kappa shape index (κ1) is 11.7. The molecule has 0 unspecified atom stereocenters. The molecular formula is C10H10N2O4. The van der Waals surface area contributed by atoms with Gasteiger partial charge in [-0.1, -0.05) is 12.1 Å². The number of phenolic OH excluding ortho intramolecular Hbond substituents is 1. The van der Waals surface area contributed by atoms with Crippen LogP contribution in [-0.2, 0) is 4.79 Å². The number of aliphatic carboxylic acids is 1. The van der Waals surface area contributed by atoms with E-state index >= 15 is 0 Å². The highest BCUT2D eigenvalue weighted by atomic mass is 16.4. The van der Waals surface area contributed by atoms with Crippen LogP contribution < -0.4 is 5.43 Å². The van der Waals surface area contributed by atoms with Crippen molar-refractivity contribution in [3.8, 4) is 5.75 Å². The second-order valence-corrected chi connectivity index (χ2v) is 2.96. The van der Waals surface area contributed by atoms with Gasteiger partial charge in [-0.15, -0.1) is 0 Å². The van der Waals surface area contributed by atoms with Gasteiger partial charge in [-0.2, -0.15) is 5.10 Å². The number of rotatable bonds is 3. The Hall–Kier alpha value is -2.37. The van der Waals surface area contributed by atoms with Crippen molar-refractivity contribution in [2.45, 2.75) is 6.92 Å². The Morgan fingerprint density at radius 3 is 2.50 bits per heavy atom. The van der Waals surface area contributed by atoms with Crippen molar-refractivity contribution in [1.29, 1.82) is 0 Å². The van der Waals surface area contributed by atoms with Gasteiger partial charge >= 0.3 is 5.97 Å². The number of nitrogens with one attached hydrogen (secondary N) is 1. The van der Waals surface area contributed by atoms with Crippen molar-refractivity contribution in [1.82, 2.24) is 5.43 Å². The summed E-state index contributed by atoms with van der Waals surface area (Å²) in [5.74, 6) is -2.08. The minimum absolute atomic E-state index is 0.0319. The maximum absolute atomic E-state index is 11.4. The number of carboxylic acids is 1. The van der Waals surface area contributed by atoms with Gasteiger partial charge in [0.2, 0.25) is 0 Å². The number of carbonyl (C=O) groups excluding carboxylic acids is 1. The molecule has 0 atom stereocenters. The average molecular weight is 222 g/mol. The number of carbonyl (C=O) groups is 2. The predicted octanol–water partition coefficient (Wildman–Crippen LogP) is 0.583. The van der Waals surface area contributed by atoms with Crippen LogP contribution in [0.2, 0.25) is 0 Å². The summed E-state index contributed by atoms with van der Waals surface area (Å²) in [4.78, 5) is 21.8. The van der Waals surface area contributed by atoms with Crippen LogP contribution in [0.15, 0.2) is 29.4 Å². The number of benzene rings is 1. The van der Waals surface area contributed by atoms with E-state index in [0.717, 1.165) is 0 Å². The number of aromatic hydroxyl groups is 1. The molecule has 0 fully saturated rings. The molecule has 0 aliphatic rings. The first-order valence-corrected chi connectivity index (χ1v) is 4.38. The molecule has 0 aliphatic carbocycles. The molecule has 1 aromatic rings. The van der Waals surface area contributed by atoms with E-state index in [0.29, 0.717) is 0 Å². The zero-order valence-electron chi connectivity index (χ0n) is 8.47. The van der Waals surface area contributed by atoms with Gasteiger partial charge in [0.25, 0.3) is 5.91 Å². The first-order chi connectivity index (χ1) is 7.52. The second-order valence-electron chi connectivity index (χ2n) is 2.96. The second kappa shape index (κ2) is 4.92. The maximum atomic E-state index is 11.4. The van der Waals surface area contributed by atoms with E-state index in [4.69, 9.17) is 5.11 Å². The van der Waals surface area contributed by atoms with Crippen LogP contribution in [-0.4, -0.2) is 27.8 Å². The maximum Gasteiger partial charge on any atom is 0.351 e. The normalized spacial score (nSPS) is 10.9. The number of amides is 1. The number of hydrazone groups is 1. The number of hydrogen-bond acceptors (Lipinski definition) is 4. The molecule has 0 saturated carbocycles. The topological polar surface area (TPSA) is 99.0 Å². The number of nitrogens with zero attached hydrogens (tertiary/aromatic N) is 1. The SMILES string of the molecule is C/C(=N\NC(=O)c1ccccc1O)C(=O)O. The van der Waals surface area contributed by atoms with Crippen LogP contribution in [0.5, 0.6) is 5.75 Å². The first-order valence-electron chi connectivity index (χ1n) is 4.38. The van der Waals surface area contributed by atoms with E-state index in [1.165, 1.54) is 19.1 Å². The smallest absolute Gasteiger partial charge is 0.351 e. The quantitative estimate of drug-likeness (QED) is 0.514. The van der Waals surface area contributed by atoms with Gasteiger partial charge in [-0.05, 0) is 19.1 Å². The highest BCUT2D eigenvalue weighted by Crippen LogP contribution is 2.14. The minimum Gasteiger partial charge on any atom is -0.507 e. The molecule has 84 valence electrons. The van der Waals surface area contributed by atoms with Crippen molar-refractivity contribution >= 4 is 17.6 Å². The van der Waals surface area contributed by atoms with Crippen LogP contribution in [0, 0.1) is 0 Å². The lowest BCUT2D eigenvalue weighted by Crippen LogP contribution is -2.21. The van der Waals surface area contributed by atoms with Crippen molar-refractivity contribution in [3.63, 3.8) is 0 Å². The Morgan fingerprint density at radius 1 is 1.31 bits per heavy atom. The van der Waals surface area contributed by atoms with Gasteiger partial charge < -0.3 is 10.2 Å². The summed E-state index contributed by atoms with van der Waals surface area (Å²) in [5.41, 5.74) is 1.81. The fourth-order valence-electron chi connectivity index (χ4n) is 0.908. The largest absolute Gasteiger partial charge is 0.507 e. The van der Waals surface area contributed by atoms with Crippen LogP contribution in [0.4, 0.5) is 0 Å². The summed E-state index contributed by atoms with van der Waals surface area (Å²) < 4.78 is 0. The lowest BCUT2D eigenvalue weighted by atomic mass is 10.2. The molecule has 1 aromatic carbocycles. The molecule has 6 heteroatoms. The third kappa shape index (κ3) is 2.81. The molecule has 0 bridgehead atoms. The van der Waals surface area contributed by atoms with Gasteiger partial charge in [0.05, 0.1) is 5.56 Å². The van der Waals surface area contributed by atoms with Crippen LogP contribution >= 0.6 is 0 Å². The predicted molar refractivity (Wildman–Crippen MR) is 56.3 cm³/mol. The molecule has 1 rings (SSSR count). The number of phenols is 1. The Morgan fingerprint density at radius 2 is 1.94 bits per heavy atom. The van der Waals surface area contributed by atoms with Crippen molar-refractivity contribution in [2.24, 2.45) is 5.10 Å². The Balaban J connectivity index is 2.78. The lowest BCUT2D eigenvalue weighted by molar-refractivity contribution is -0.129. The molecule has 0 radical (unpaired) electrons. The molecule has 1 amide bonds. The van der Waals surface area contributed by atoms with E-state index < -0.39 is 11.9 Å². The molecule has 0 saturated heterocycles. The van der Waals surface area contributed by atoms with E-state index in [2.05, 4.69) is 5.10 Å². The summed E-state index contributed by atoms with van der Waals surface area (Å²) >= 11 is 0. The van der Waals surface area contributed by atoms with Gasteiger partial charge in [-0.3, -0.25) is 4.79 Å². The standard InChI is InChI=1S/C10H10N2O4/c1-6(10(15)16)11-12-9(14)7-4-2-3-5-8(7)13/h2-5,13H,1H3,(H,12,14)(H,15,16)/b11-6+. The third-order valence-corrected chi connectivity index (χ3v) is 1.78. The zero-order chi connectivity index (χ0) is 12.1. The number of para-hydroxylation sites is 1. The summed E-state index contributed by atoms with van der Waals surface area (Å²) in [7, 11) is 0. The summed E-state index contributed by atoms with van der Waals surface area (Å²) in [6.07, 6.45) is 0. The molecule has 3 N–H and O–H groups in total. The number of carboxylic acid groups (broad SMARTS) is 1. The molecule has 6 nitrogen and oxygen atoms in total. The average Bonchev–Trinajstić information content (AvgIpc) is 2.25. The summed E-state index contributed by atoms with van der Waals surface area (Å²) in [5, 5.41) is 21.2. The molecule has 0 aliphatic heterocycles. The monoisotopic (exact) mass is 222 g/mol. The Kier molecular flexibility index (Phi) is 3.60. The van der Waals surface area contributed by atoms with Gasteiger partial charge in [0, 0.05) is 0 Å². The Labute approximate surface area is 91.2 Å². The lowest BCUT2D eigenvalue weighted by Gasteiger charge is -2.02. The van der Waals surface area contributed by atoms with E-state index in [-0.39, 0.29) is 17.0 Å². The third-order valence-electron chi connectivity index (χ3n) is 1.78. The Bertz CT molecular complexity index is 454. The summed E-state index contributed by atoms with van der Waals surface area (Å²) in [6.45, 7) is 1.24. The molecule has 0 spiro atoms.